The van der Waals surface area contributed by atoms with Crippen LogP contribution in [0.4, 0.5) is 5.82 Å². The molecule has 94 valence electrons. The molecule has 0 fully saturated rings. The van der Waals surface area contributed by atoms with Crippen molar-refractivity contribution in [2.24, 2.45) is 0 Å². The number of nitrogens with zero attached hydrogens (tertiary/aromatic N) is 2. The van der Waals surface area contributed by atoms with Crippen LogP contribution in [0.1, 0.15) is 18.9 Å². The van der Waals surface area contributed by atoms with Gasteiger partial charge >= 0.3 is 0 Å². The zero-order valence-electron chi connectivity index (χ0n) is 10.7. The first kappa shape index (κ1) is 12.9. The predicted molar refractivity (Wildman–Crippen MR) is 76.1 cm³/mol. The highest BCUT2D eigenvalue weighted by Gasteiger charge is 2.01. The lowest BCUT2D eigenvalue weighted by molar-refractivity contribution is 0.948. The summed E-state index contributed by atoms with van der Waals surface area (Å²) in [5.41, 5.74) is 1.27. The topological polar surface area (TPSA) is 37.8 Å². The van der Waals surface area contributed by atoms with E-state index in [4.69, 9.17) is 0 Å². The quantitative estimate of drug-likeness (QED) is 0.887. The van der Waals surface area contributed by atoms with Crippen molar-refractivity contribution < 1.29 is 0 Å². The fourth-order valence-corrected chi connectivity index (χ4v) is 2.23. The van der Waals surface area contributed by atoms with E-state index in [2.05, 4.69) is 53.4 Å². The van der Waals surface area contributed by atoms with Gasteiger partial charge in [-0.1, -0.05) is 36.4 Å². The summed E-state index contributed by atoms with van der Waals surface area (Å²) in [5, 5.41) is 4.16. The van der Waals surface area contributed by atoms with E-state index in [0.717, 1.165) is 23.8 Å². The summed E-state index contributed by atoms with van der Waals surface area (Å²) >= 11 is 1.63. The molecule has 0 aliphatic rings. The fourth-order valence-electron chi connectivity index (χ4n) is 1.46. The number of anilines is 1. The number of aryl methyl sites for hydroxylation is 1. The zero-order chi connectivity index (χ0) is 12.8. The van der Waals surface area contributed by atoms with Crippen LogP contribution in [0.3, 0.4) is 0 Å². The van der Waals surface area contributed by atoms with Crippen molar-refractivity contribution in [3.63, 3.8) is 0 Å². The van der Waals surface area contributed by atoms with E-state index in [-0.39, 0.29) is 0 Å². The van der Waals surface area contributed by atoms with Crippen LogP contribution >= 0.6 is 11.8 Å². The third kappa shape index (κ3) is 3.74. The van der Waals surface area contributed by atoms with E-state index in [9.17, 15) is 0 Å². The Hall–Kier alpha value is -1.55. The minimum absolute atomic E-state index is 0.842. The largest absolute Gasteiger partial charge is 0.369 e. The summed E-state index contributed by atoms with van der Waals surface area (Å²) in [6.45, 7) is 5.14. The second-order valence-electron chi connectivity index (χ2n) is 4.08. The highest BCUT2D eigenvalue weighted by molar-refractivity contribution is 7.99. The number of benzene rings is 1. The molecule has 0 unspecified atom stereocenters. The summed E-state index contributed by atoms with van der Waals surface area (Å²) in [7, 11) is 0. The molecule has 0 aliphatic heterocycles. The molecule has 0 aliphatic carbocycles. The molecule has 18 heavy (non-hydrogen) atoms. The first-order valence-electron chi connectivity index (χ1n) is 6.08. The van der Waals surface area contributed by atoms with E-state index in [1.54, 1.807) is 24.2 Å². The summed E-state index contributed by atoms with van der Waals surface area (Å²) in [5.74, 6) is 0.842. The summed E-state index contributed by atoms with van der Waals surface area (Å²) in [6.07, 6.45) is 4.63. The van der Waals surface area contributed by atoms with Crippen molar-refractivity contribution in [3.05, 3.63) is 42.2 Å². The van der Waals surface area contributed by atoms with Crippen molar-refractivity contribution >= 4 is 17.6 Å². The van der Waals surface area contributed by atoms with Crippen LogP contribution in [0, 0.1) is 6.92 Å². The maximum Gasteiger partial charge on any atom is 0.145 e. The van der Waals surface area contributed by atoms with Crippen molar-refractivity contribution in [2.75, 3.05) is 11.9 Å². The minimum atomic E-state index is 0.842. The molecule has 0 radical (unpaired) electrons. The van der Waals surface area contributed by atoms with Crippen LogP contribution < -0.4 is 5.32 Å². The first-order chi connectivity index (χ1) is 8.78. The molecule has 1 aromatic carbocycles. The Morgan fingerprint density at radius 3 is 2.67 bits per heavy atom. The van der Waals surface area contributed by atoms with Crippen LogP contribution in [0.25, 0.3) is 0 Å². The van der Waals surface area contributed by atoms with Gasteiger partial charge in [-0.2, -0.15) is 0 Å². The predicted octanol–water partition coefficient (Wildman–Crippen LogP) is 3.76. The lowest BCUT2D eigenvalue weighted by Crippen LogP contribution is -2.02. The van der Waals surface area contributed by atoms with Crippen molar-refractivity contribution in [1.82, 2.24) is 9.97 Å². The SMILES string of the molecule is CCCNc1cncc(Sc2ccc(C)cc2)n1. The molecule has 0 bridgehead atoms. The van der Waals surface area contributed by atoms with Gasteiger partial charge in [0.15, 0.2) is 0 Å². The minimum Gasteiger partial charge on any atom is -0.369 e. The Morgan fingerprint density at radius 1 is 1.17 bits per heavy atom. The number of nitrogens with one attached hydrogen (secondary N) is 1. The van der Waals surface area contributed by atoms with Gasteiger partial charge in [0.25, 0.3) is 0 Å². The van der Waals surface area contributed by atoms with E-state index in [1.165, 1.54) is 10.5 Å². The van der Waals surface area contributed by atoms with Gasteiger partial charge in [-0.15, -0.1) is 0 Å². The molecule has 1 aromatic heterocycles. The standard InChI is InChI=1S/C14H17N3S/c1-3-8-16-13-9-15-10-14(17-13)18-12-6-4-11(2)5-7-12/h4-7,9-10H,3,8H2,1-2H3,(H,16,17). The van der Waals surface area contributed by atoms with Crippen LogP contribution in [0.2, 0.25) is 0 Å². The van der Waals surface area contributed by atoms with Gasteiger partial charge < -0.3 is 5.32 Å². The maximum atomic E-state index is 4.52. The van der Waals surface area contributed by atoms with Crippen molar-refractivity contribution in [3.8, 4) is 0 Å². The summed E-state index contributed by atoms with van der Waals surface area (Å²) in [4.78, 5) is 9.91. The second kappa shape index (κ2) is 6.40. The fraction of sp³-hybridized carbons (Fsp3) is 0.286. The monoisotopic (exact) mass is 259 g/mol. The number of aromatic nitrogens is 2. The van der Waals surface area contributed by atoms with Gasteiger partial charge in [-0.25, -0.2) is 4.98 Å². The average Bonchev–Trinajstić information content (AvgIpc) is 2.40. The zero-order valence-corrected chi connectivity index (χ0v) is 11.5. The molecule has 0 saturated heterocycles. The number of rotatable bonds is 5. The lowest BCUT2D eigenvalue weighted by atomic mass is 10.2. The van der Waals surface area contributed by atoms with Crippen LogP contribution in [-0.2, 0) is 0 Å². The van der Waals surface area contributed by atoms with Gasteiger partial charge in [0, 0.05) is 11.4 Å². The molecule has 0 amide bonds. The second-order valence-corrected chi connectivity index (χ2v) is 5.18. The van der Waals surface area contributed by atoms with Gasteiger partial charge in [0.2, 0.25) is 0 Å². The Morgan fingerprint density at radius 2 is 1.94 bits per heavy atom. The maximum absolute atomic E-state index is 4.52. The molecule has 3 nitrogen and oxygen atoms in total. The van der Waals surface area contributed by atoms with E-state index in [1.807, 2.05) is 0 Å². The van der Waals surface area contributed by atoms with Gasteiger partial charge in [0.1, 0.15) is 10.8 Å². The highest BCUT2D eigenvalue weighted by atomic mass is 32.2. The average molecular weight is 259 g/mol. The Kier molecular flexibility index (Phi) is 4.59. The third-order valence-electron chi connectivity index (χ3n) is 2.41. The van der Waals surface area contributed by atoms with Crippen LogP contribution in [0.15, 0.2) is 46.6 Å². The summed E-state index contributed by atoms with van der Waals surface area (Å²) < 4.78 is 0. The molecule has 4 heteroatoms. The Balaban J connectivity index is 2.06. The van der Waals surface area contributed by atoms with Crippen LogP contribution in [-0.4, -0.2) is 16.5 Å². The number of hydrogen-bond donors (Lipinski definition) is 1. The highest BCUT2D eigenvalue weighted by Crippen LogP contribution is 2.26. The molecule has 1 N–H and O–H groups in total. The van der Waals surface area contributed by atoms with Crippen LogP contribution in [0.5, 0.6) is 0 Å². The molecule has 0 spiro atoms. The third-order valence-corrected chi connectivity index (χ3v) is 3.33. The Labute approximate surface area is 112 Å². The normalized spacial score (nSPS) is 10.3. The molecule has 2 aromatic rings. The summed E-state index contributed by atoms with van der Waals surface area (Å²) in [6, 6.07) is 8.42. The first-order valence-corrected chi connectivity index (χ1v) is 6.90. The lowest BCUT2D eigenvalue weighted by Gasteiger charge is -2.05. The van der Waals surface area contributed by atoms with E-state index >= 15 is 0 Å². The van der Waals surface area contributed by atoms with Crippen molar-refractivity contribution in [2.45, 2.75) is 30.2 Å². The molecule has 0 saturated carbocycles. The molecular formula is C14H17N3S. The number of hydrogen-bond acceptors (Lipinski definition) is 4. The van der Waals surface area contributed by atoms with Gasteiger partial charge in [0.05, 0.1) is 12.4 Å². The van der Waals surface area contributed by atoms with E-state index < -0.39 is 0 Å². The van der Waals surface area contributed by atoms with Gasteiger partial charge in [-0.3, -0.25) is 4.98 Å². The smallest absolute Gasteiger partial charge is 0.145 e. The Bertz CT molecular complexity index is 497. The molecular weight excluding hydrogens is 242 g/mol. The van der Waals surface area contributed by atoms with Gasteiger partial charge in [-0.05, 0) is 25.5 Å². The van der Waals surface area contributed by atoms with E-state index in [0.29, 0.717) is 0 Å². The molecule has 0 atom stereocenters. The molecule has 2 rings (SSSR count). The molecule has 1 heterocycles. The van der Waals surface area contributed by atoms with Crippen molar-refractivity contribution in [1.29, 1.82) is 0 Å².